The predicted octanol–water partition coefficient (Wildman–Crippen LogP) is 2.41. The van der Waals surface area contributed by atoms with Gasteiger partial charge in [0, 0.05) is 31.5 Å². The van der Waals surface area contributed by atoms with E-state index in [1.807, 2.05) is 17.0 Å². The molecule has 1 N–H and O–H groups in total. The number of carbonyl (C=O) groups excluding carboxylic acids is 2. The number of aryl methyl sites for hydroxylation is 1. The largest absolute Gasteiger partial charge is 0.483 e. The van der Waals surface area contributed by atoms with Gasteiger partial charge < -0.3 is 15.0 Å². The molecule has 1 aromatic carbocycles. The predicted molar refractivity (Wildman–Crippen MR) is 96.6 cm³/mol. The molecule has 5 nitrogen and oxygen atoms in total. The molecule has 2 amide bonds. The van der Waals surface area contributed by atoms with Crippen LogP contribution in [0.2, 0.25) is 0 Å². The Bertz CT molecular complexity index is 693. The highest BCUT2D eigenvalue weighted by atomic mass is 16.5. The Balaban J connectivity index is 1.63. The summed E-state index contributed by atoms with van der Waals surface area (Å²) in [5.74, 6) is 0.870. The van der Waals surface area contributed by atoms with E-state index in [2.05, 4.69) is 39.1 Å². The molecule has 0 aromatic heterocycles. The summed E-state index contributed by atoms with van der Waals surface area (Å²) in [7, 11) is 0. The molecule has 1 spiro atoms. The molecule has 2 saturated heterocycles. The summed E-state index contributed by atoms with van der Waals surface area (Å²) >= 11 is 0. The van der Waals surface area contributed by atoms with Gasteiger partial charge in [-0.2, -0.15) is 0 Å². The third-order valence-corrected chi connectivity index (χ3v) is 5.28. The van der Waals surface area contributed by atoms with Crippen LogP contribution in [0.1, 0.15) is 44.7 Å². The summed E-state index contributed by atoms with van der Waals surface area (Å²) < 4.78 is 5.89. The minimum Gasteiger partial charge on any atom is -0.483 e. The molecule has 1 atom stereocenters. The van der Waals surface area contributed by atoms with Crippen molar-refractivity contribution in [2.45, 2.75) is 46.0 Å². The summed E-state index contributed by atoms with van der Waals surface area (Å²) in [6.45, 7) is 10.6. The standard InChI is InChI=1S/C20H28N2O3/c1-14-5-6-16(15(9-14)19(2,3)4)25-11-18(24)22-8-7-20(13-22)10-17(23)21-12-20/h5-6,9H,7-8,10-13H2,1-4H3,(H,21,23). The van der Waals surface area contributed by atoms with Gasteiger partial charge in [-0.3, -0.25) is 9.59 Å². The average Bonchev–Trinajstić information content (AvgIpc) is 3.11. The van der Waals surface area contributed by atoms with Crippen molar-refractivity contribution in [3.05, 3.63) is 29.3 Å². The van der Waals surface area contributed by atoms with Crippen LogP contribution >= 0.6 is 0 Å². The van der Waals surface area contributed by atoms with Gasteiger partial charge in [-0.1, -0.05) is 38.5 Å². The first-order valence-corrected chi connectivity index (χ1v) is 8.97. The highest BCUT2D eigenvalue weighted by Gasteiger charge is 2.45. The second-order valence-corrected chi connectivity index (χ2v) is 8.56. The molecule has 1 aromatic rings. The summed E-state index contributed by atoms with van der Waals surface area (Å²) in [5, 5.41) is 2.89. The van der Waals surface area contributed by atoms with Crippen molar-refractivity contribution in [1.29, 1.82) is 0 Å². The Morgan fingerprint density at radius 3 is 2.76 bits per heavy atom. The molecule has 0 aliphatic carbocycles. The quantitative estimate of drug-likeness (QED) is 0.916. The fraction of sp³-hybridized carbons (Fsp3) is 0.600. The molecule has 0 bridgehead atoms. The van der Waals surface area contributed by atoms with Crippen LogP contribution < -0.4 is 10.1 Å². The fourth-order valence-electron chi connectivity index (χ4n) is 3.77. The summed E-state index contributed by atoms with van der Waals surface area (Å²) in [6, 6.07) is 6.09. The van der Waals surface area contributed by atoms with Crippen LogP contribution in [0.5, 0.6) is 5.75 Å². The smallest absolute Gasteiger partial charge is 0.260 e. The Kier molecular flexibility index (Phi) is 4.52. The van der Waals surface area contributed by atoms with E-state index in [1.165, 1.54) is 5.56 Å². The van der Waals surface area contributed by atoms with Gasteiger partial charge in [-0.15, -0.1) is 0 Å². The van der Waals surface area contributed by atoms with Gasteiger partial charge in [0.05, 0.1) is 0 Å². The number of hydrogen-bond acceptors (Lipinski definition) is 3. The van der Waals surface area contributed by atoms with E-state index in [0.29, 0.717) is 26.1 Å². The minimum absolute atomic E-state index is 0.00309. The molecule has 136 valence electrons. The maximum atomic E-state index is 12.6. The van der Waals surface area contributed by atoms with Gasteiger partial charge in [-0.25, -0.2) is 0 Å². The van der Waals surface area contributed by atoms with Crippen molar-refractivity contribution < 1.29 is 14.3 Å². The summed E-state index contributed by atoms with van der Waals surface area (Å²) in [6.07, 6.45) is 1.42. The van der Waals surface area contributed by atoms with E-state index in [9.17, 15) is 9.59 Å². The second kappa shape index (κ2) is 6.36. The van der Waals surface area contributed by atoms with Gasteiger partial charge in [-0.05, 0) is 30.4 Å². The SMILES string of the molecule is Cc1ccc(OCC(=O)N2CCC3(CNC(=O)C3)C2)c(C(C)(C)C)c1. The van der Waals surface area contributed by atoms with Crippen LogP contribution in [0.4, 0.5) is 0 Å². The number of benzene rings is 1. The van der Waals surface area contributed by atoms with Crippen molar-refractivity contribution in [3.8, 4) is 5.75 Å². The summed E-state index contributed by atoms with van der Waals surface area (Å²) in [5.41, 5.74) is 2.19. The van der Waals surface area contributed by atoms with E-state index >= 15 is 0 Å². The van der Waals surface area contributed by atoms with Gasteiger partial charge in [0.25, 0.3) is 5.91 Å². The Hall–Kier alpha value is -2.04. The van der Waals surface area contributed by atoms with Crippen LogP contribution in [0, 0.1) is 12.3 Å². The first-order valence-electron chi connectivity index (χ1n) is 8.97. The second-order valence-electron chi connectivity index (χ2n) is 8.56. The zero-order chi connectivity index (χ0) is 18.2. The Morgan fingerprint density at radius 2 is 2.12 bits per heavy atom. The molecule has 25 heavy (non-hydrogen) atoms. The van der Waals surface area contributed by atoms with Crippen LogP contribution in [0.25, 0.3) is 0 Å². The molecule has 3 rings (SSSR count). The molecule has 2 aliphatic heterocycles. The fourth-order valence-corrected chi connectivity index (χ4v) is 3.77. The maximum absolute atomic E-state index is 12.6. The number of nitrogens with zero attached hydrogens (tertiary/aromatic N) is 1. The Labute approximate surface area is 149 Å². The van der Waals surface area contributed by atoms with Gasteiger partial charge in [0.1, 0.15) is 5.75 Å². The van der Waals surface area contributed by atoms with Gasteiger partial charge in [0.15, 0.2) is 6.61 Å². The molecule has 0 saturated carbocycles. The number of rotatable bonds is 3. The first-order chi connectivity index (χ1) is 11.7. The molecule has 0 radical (unpaired) electrons. The number of hydrogen-bond donors (Lipinski definition) is 1. The van der Waals surface area contributed by atoms with Gasteiger partial charge in [0.2, 0.25) is 5.91 Å². The van der Waals surface area contributed by atoms with Crippen molar-refractivity contribution >= 4 is 11.8 Å². The van der Waals surface area contributed by atoms with Crippen LogP contribution in [-0.2, 0) is 15.0 Å². The van der Waals surface area contributed by atoms with E-state index in [-0.39, 0.29) is 29.3 Å². The number of nitrogens with one attached hydrogen (secondary N) is 1. The average molecular weight is 344 g/mol. The zero-order valence-electron chi connectivity index (χ0n) is 15.6. The summed E-state index contributed by atoms with van der Waals surface area (Å²) in [4.78, 5) is 25.9. The molecular weight excluding hydrogens is 316 g/mol. The third-order valence-electron chi connectivity index (χ3n) is 5.28. The number of likely N-dealkylation sites (tertiary alicyclic amines) is 1. The van der Waals surface area contributed by atoms with E-state index in [1.54, 1.807) is 0 Å². The molecule has 1 unspecified atom stereocenters. The number of carbonyl (C=O) groups is 2. The van der Waals surface area contributed by atoms with Crippen LogP contribution in [0.3, 0.4) is 0 Å². The van der Waals surface area contributed by atoms with Crippen molar-refractivity contribution in [1.82, 2.24) is 10.2 Å². The Morgan fingerprint density at radius 1 is 1.36 bits per heavy atom. The molecule has 2 heterocycles. The first kappa shape index (κ1) is 17.8. The number of amides is 2. The zero-order valence-corrected chi connectivity index (χ0v) is 15.6. The van der Waals surface area contributed by atoms with Crippen molar-refractivity contribution in [2.24, 2.45) is 5.41 Å². The lowest BCUT2D eigenvalue weighted by atomic mass is 9.85. The normalized spacial score (nSPS) is 23.2. The highest BCUT2D eigenvalue weighted by Crippen LogP contribution is 2.37. The minimum atomic E-state index is -0.0623. The monoisotopic (exact) mass is 344 g/mol. The van der Waals surface area contributed by atoms with E-state index in [4.69, 9.17) is 4.74 Å². The van der Waals surface area contributed by atoms with Crippen LogP contribution in [0.15, 0.2) is 18.2 Å². The lowest BCUT2D eigenvalue weighted by Gasteiger charge is -2.25. The van der Waals surface area contributed by atoms with Crippen LogP contribution in [-0.4, -0.2) is 43.0 Å². The van der Waals surface area contributed by atoms with Gasteiger partial charge >= 0.3 is 0 Å². The molecule has 5 heteroatoms. The van der Waals surface area contributed by atoms with Crippen molar-refractivity contribution in [2.75, 3.05) is 26.2 Å². The lowest BCUT2D eigenvalue weighted by molar-refractivity contribution is -0.132. The van der Waals surface area contributed by atoms with E-state index in [0.717, 1.165) is 17.7 Å². The van der Waals surface area contributed by atoms with E-state index < -0.39 is 0 Å². The lowest BCUT2D eigenvalue weighted by Crippen LogP contribution is -2.36. The van der Waals surface area contributed by atoms with Crippen molar-refractivity contribution in [3.63, 3.8) is 0 Å². The molecule has 2 fully saturated rings. The maximum Gasteiger partial charge on any atom is 0.260 e. The molecule has 2 aliphatic rings. The number of ether oxygens (including phenoxy) is 1. The third kappa shape index (κ3) is 3.80. The topological polar surface area (TPSA) is 58.6 Å². The highest BCUT2D eigenvalue weighted by molar-refractivity contribution is 5.81. The molecular formula is C20H28N2O3.